The first-order chi connectivity index (χ1) is 9.83. The van der Waals surface area contributed by atoms with E-state index in [0.29, 0.717) is 18.9 Å². The van der Waals surface area contributed by atoms with Gasteiger partial charge in [-0.1, -0.05) is 11.8 Å². The second-order valence-corrected chi connectivity index (χ2v) is 4.01. The van der Waals surface area contributed by atoms with Crippen LogP contribution in [0, 0.1) is 11.8 Å². The molecule has 0 aliphatic rings. The summed E-state index contributed by atoms with van der Waals surface area (Å²) in [6, 6.07) is 9.35. The van der Waals surface area contributed by atoms with E-state index in [4.69, 9.17) is 15.2 Å². The minimum Gasteiger partial charge on any atom is -0.497 e. The molecule has 4 heteroatoms. The Morgan fingerprint density at radius 1 is 1.20 bits per heavy atom. The molecule has 1 heterocycles. The molecule has 0 saturated heterocycles. The Labute approximate surface area is 118 Å². The standard InChI is InChI=1S/C16H16N2O2/c1-19-15-4-5-16(14(11-15)3-2-8-17)20-12-13-6-9-18-10-7-13/h4-7,9-11H,8,12,17H2,1H3. The highest BCUT2D eigenvalue weighted by Crippen LogP contribution is 2.24. The van der Waals surface area contributed by atoms with E-state index < -0.39 is 0 Å². The van der Waals surface area contributed by atoms with E-state index in [1.165, 1.54) is 0 Å². The molecule has 0 radical (unpaired) electrons. The summed E-state index contributed by atoms with van der Waals surface area (Å²) >= 11 is 0. The molecule has 2 N–H and O–H groups in total. The third-order valence-electron chi connectivity index (χ3n) is 2.66. The fourth-order valence-electron chi connectivity index (χ4n) is 1.65. The molecule has 20 heavy (non-hydrogen) atoms. The number of nitrogens with two attached hydrogens (primary N) is 1. The number of ether oxygens (including phenoxy) is 2. The van der Waals surface area contributed by atoms with E-state index in [1.54, 1.807) is 19.5 Å². The van der Waals surface area contributed by atoms with Crippen molar-refractivity contribution in [3.63, 3.8) is 0 Å². The van der Waals surface area contributed by atoms with Gasteiger partial charge in [0.15, 0.2) is 0 Å². The van der Waals surface area contributed by atoms with Crippen LogP contribution in [0.2, 0.25) is 0 Å². The van der Waals surface area contributed by atoms with Gasteiger partial charge in [-0.05, 0) is 35.9 Å². The van der Waals surface area contributed by atoms with Crippen molar-refractivity contribution in [2.75, 3.05) is 13.7 Å². The van der Waals surface area contributed by atoms with Gasteiger partial charge in [-0.25, -0.2) is 0 Å². The van der Waals surface area contributed by atoms with Crippen LogP contribution in [0.5, 0.6) is 11.5 Å². The molecule has 102 valence electrons. The van der Waals surface area contributed by atoms with Crippen molar-refractivity contribution in [2.45, 2.75) is 6.61 Å². The van der Waals surface area contributed by atoms with Crippen molar-refractivity contribution in [3.05, 3.63) is 53.9 Å². The minimum atomic E-state index is 0.307. The second kappa shape index (κ2) is 7.17. The van der Waals surface area contributed by atoms with Crippen molar-refractivity contribution in [1.82, 2.24) is 4.98 Å². The minimum absolute atomic E-state index is 0.307. The van der Waals surface area contributed by atoms with Gasteiger partial charge in [0.05, 0.1) is 19.2 Å². The predicted octanol–water partition coefficient (Wildman–Crippen LogP) is 1.98. The number of methoxy groups -OCH3 is 1. The molecule has 0 amide bonds. The number of pyridine rings is 1. The van der Waals surface area contributed by atoms with E-state index in [9.17, 15) is 0 Å². The average molecular weight is 268 g/mol. The summed E-state index contributed by atoms with van der Waals surface area (Å²) in [6.45, 7) is 0.771. The quantitative estimate of drug-likeness (QED) is 0.861. The van der Waals surface area contributed by atoms with Gasteiger partial charge in [0.25, 0.3) is 0 Å². The average Bonchev–Trinajstić information content (AvgIpc) is 2.52. The van der Waals surface area contributed by atoms with Gasteiger partial charge in [-0.3, -0.25) is 4.98 Å². The van der Waals surface area contributed by atoms with Crippen molar-refractivity contribution in [2.24, 2.45) is 5.73 Å². The highest BCUT2D eigenvalue weighted by atomic mass is 16.5. The van der Waals surface area contributed by atoms with E-state index in [-0.39, 0.29) is 0 Å². The van der Waals surface area contributed by atoms with E-state index in [0.717, 1.165) is 16.9 Å². The maximum atomic E-state index is 5.79. The number of hydrogen-bond donors (Lipinski definition) is 1. The highest BCUT2D eigenvalue weighted by molar-refractivity contribution is 5.50. The maximum Gasteiger partial charge on any atom is 0.135 e. The Hall–Kier alpha value is -2.51. The zero-order valence-corrected chi connectivity index (χ0v) is 11.3. The topological polar surface area (TPSA) is 57.4 Å². The monoisotopic (exact) mass is 268 g/mol. The molecule has 1 aromatic heterocycles. The summed E-state index contributed by atoms with van der Waals surface area (Å²) < 4.78 is 11.0. The first-order valence-electron chi connectivity index (χ1n) is 6.22. The molecule has 0 spiro atoms. The molecule has 2 rings (SSSR count). The summed E-state index contributed by atoms with van der Waals surface area (Å²) in [5.41, 5.74) is 7.23. The molecule has 0 fully saturated rings. The lowest BCUT2D eigenvalue weighted by molar-refractivity contribution is 0.304. The first kappa shape index (κ1) is 13.9. The molecular weight excluding hydrogens is 252 g/mol. The summed E-state index contributed by atoms with van der Waals surface area (Å²) in [4.78, 5) is 3.97. The van der Waals surface area contributed by atoms with Crippen molar-refractivity contribution >= 4 is 0 Å². The van der Waals surface area contributed by atoms with Crippen LogP contribution in [0.4, 0.5) is 0 Å². The summed E-state index contributed by atoms with van der Waals surface area (Å²) in [5, 5.41) is 0. The van der Waals surface area contributed by atoms with E-state index in [1.807, 2.05) is 30.3 Å². The van der Waals surface area contributed by atoms with Crippen LogP contribution >= 0.6 is 0 Å². The fraction of sp³-hybridized carbons (Fsp3) is 0.188. The summed E-state index contributed by atoms with van der Waals surface area (Å²) in [7, 11) is 1.62. The Morgan fingerprint density at radius 3 is 2.70 bits per heavy atom. The Bertz CT molecular complexity index is 615. The lowest BCUT2D eigenvalue weighted by atomic mass is 10.2. The SMILES string of the molecule is COc1ccc(OCc2ccncc2)c(C#CCN)c1. The van der Waals surface area contributed by atoms with Crippen LogP contribution < -0.4 is 15.2 Å². The summed E-state index contributed by atoms with van der Waals surface area (Å²) in [5.74, 6) is 7.27. The van der Waals surface area contributed by atoms with Gasteiger partial charge in [-0.15, -0.1) is 0 Å². The van der Waals surface area contributed by atoms with Gasteiger partial charge in [0.1, 0.15) is 18.1 Å². The molecule has 0 aliphatic heterocycles. The Morgan fingerprint density at radius 2 is 2.00 bits per heavy atom. The smallest absolute Gasteiger partial charge is 0.135 e. The maximum absolute atomic E-state index is 5.79. The van der Waals surface area contributed by atoms with Gasteiger partial charge in [-0.2, -0.15) is 0 Å². The predicted molar refractivity (Wildman–Crippen MR) is 77.5 cm³/mol. The van der Waals surface area contributed by atoms with Crippen molar-refractivity contribution in [1.29, 1.82) is 0 Å². The third-order valence-corrected chi connectivity index (χ3v) is 2.66. The van der Waals surface area contributed by atoms with Gasteiger partial charge < -0.3 is 15.2 Å². The fourth-order valence-corrected chi connectivity index (χ4v) is 1.65. The van der Waals surface area contributed by atoms with Crippen LogP contribution in [0.25, 0.3) is 0 Å². The molecule has 1 aromatic carbocycles. The van der Waals surface area contributed by atoms with Crippen LogP contribution in [-0.4, -0.2) is 18.6 Å². The normalized spacial score (nSPS) is 9.50. The zero-order valence-electron chi connectivity index (χ0n) is 11.3. The zero-order chi connectivity index (χ0) is 14.2. The molecule has 0 aliphatic carbocycles. The lowest BCUT2D eigenvalue weighted by Crippen LogP contribution is -1.98. The highest BCUT2D eigenvalue weighted by Gasteiger charge is 2.04. The number of nitrogens with zero attached hydrogens (tertiary/aromatic N) is 1. The molecular formula is C16H16N2O2. The molecule has 2 aromatic rings. The van der Waals surface area contributed by atoms with Crippen molar-refractivity contribution < 1.29 is 9.47 Å². The van der Waals surface area contributed by atoms with Gasteiger partial charge >= 0.3 is 0 Å². The van der Waals surface area contributed by atoms with Crippen LogP contribution in [0.1, 0.15) is 11.1 Å². The molecule has 0 saturated carbocycles. The van der Waals surface area contributed by atoms with Gasteiger partial charge in [0.2, 0.25) is 0 Å². The largest absolute Gasteiger partial charge is 0.497 e. The number of benzene rings is 1. The van der Waals surface area contributed by atoms with E-state index in [2.05, 4.69) is 16.8 Å². The Kier molecular flexibility index (Phi) is 4.99. The lowest BCUT2D eigenvalue weighted by Gasteiger charge is -2.09. The van der Waals surface area contributed by atoms with Crippen LogP contribution in [0.3, 0.4) is 0 Å². The second-order valence-electron chi connectivity index (χ2n) is 4.01. The third kappa shape index (κ3) is 3.74. The number of rotatable bonds is 4. The Balaban J connectivity index is 2.17. The van der Waals surface area contributed by atoms with Gasteiger partial charge in [0, 0.05) is 12.4 Å². The van der Waals surface area contributed by atoms with Crippen LogP contribution in [0.15, 0.2) is 42.7 Å². The first-order valence-corrected chi connectivity index (χ1v) is 6.22. The number of hydrogen-bond acceptors (Lipinski definition) is 4. The molecule has 4 nitrogen and oxygen atoms in total. The number of aromatic nitrogens is 1. The molecule has 0 unspecified atom stereocenters. The van der Waals surface area contributed by atoms with E-state index >= 15 is 0 Å². The summed E-state index contributed by atoms with van der Waals surface area (Å²) in [6.07, 6.45) is 3.48. The van der Waals surface area contributed by atoms with Crippen LogP contribution in [-0.2, 0) is 6.61 Å². The molecule has 0 atom stereocenters. The molecule has 0 bridgehead atoms. The van der Waals surface area contributed by atoms with Crippen molar-refractivity contribution in [3.8, 4) is 23.3 Å².